The van der Waals surface area contributed by atoms with E-state index in [1.54, 1.807) is 0 Å². The zero-order chi connectivity index (χ0) is 16.0. The lowest BCUT2D eigenvalue weighted by atomic mass is 9.87. The number of carbonyl (C=O) groups excluding carboxylic acids is 1. The summed E-state index contributed by atoms with van der Waals surface area (Å²) in [7, 11) is 0. The first-order valence-electron chi connectivity index (χ1n) is 8.15. The quantitative estimate of drug-likeness (QED) is 0.909. The molecule has 1 aromatic carbocycles. The van der Waals surface area contributed by atoms with Crippen molar-refractivity contribution in [2.75, 3.05) is 26.3 Å². The minimum atomic E-state index is -0.532. The maximum absolute atomic E-state index is 13.8. The highest BCUT2D eigenvalue weighted by molar-refractivity contribution is 5.75. The van der Waals surface area contributed by atoms with E-state index in [4.69, 9.17) is 4.74 Å². The third-order valence-electron chi connectivity index (χ3n) is 5.38. The van der Waals surface area contributed by atoms with Crippen molar-refractivity contribution in [1.29, 1.82) is 0 Å². The van der Waals surface area contributed by atoms with Crippen molar-refractivity contribution in [3.63, 3.8) is 0 Å². The van der Waals surface area contributed by atoms with E-state index in [0.29, 0.717) is 13.0 Å². The van der Waals surface area contributed by atoms with E-state index >= 15 is 0 Å². The molecule has 1 aliphatic carbocycles. The molecule has 1 N–H and O–H groups in total. The Labute approximate surface area is 133 Å². The fourth-order valence-corrected chi connectivity index (χ4v) is 3.87. The van der Waals surface area contributed by atoms with Crippen LogP contribution in [0.1, 0.15) is 30.7 Å². The van der Waals surface area contributed by atoms with Crippen molar-refractivity contribution >= 4 is 6.03 Å². The normalized spacial score (nSPS) is 32.5. The molecule has 0 radical (unpaired) electrons. The zero-order valence-electron chi connectivity index (χ0n) is 12.9. The monoisotopic (exact) mass is 322 g/mol. The summed E-state index contributed by atoms with van der Waals surface area (Å²) in [6, 6.07) is 3.58. The maximum Gasteiger partial charge on any atom is 0.317 e. The van der Waals surface area contributed by atoms with Crippen LogP contribution < -0.4 is 5.32 Å². The molecule has 3 aliphatic rings. The zero-order valence-corrected chi connectivity index (χ0v) is 12.9. The molecule has 4 nitrogen and oxygen atoms in total. The Balaban J connectivity index is 1.36. The Morgan fingerprint density at radius 1 is 1.30 bits per heavy atom. The van der Waals surface area contributed by atoms with Crippen molar-refractivity contribution in [2.24, 2.45) is 5.41 Å². The smallest absolute Gasteiger partial charge is 0.317 e. The van der Waals surface area contributed by atoms with Gasteiger partial charge in [0, 0.05) is 42.6 Å². The lowest BCUT2D eigenvalue weighted by molar-refractivity contribution is 0.152. The van der Waals surface area contributed by atoms with Gasteiger partial charge in [-0.25, -0.2) is 13.6 Å². The molecule has 1 spiro atoms. The fraction of sp³-hybridized carbons (Fsp3) is 0.588. The average Bonchev–Trinajstić information content (AvgIpc) is 2.97. The molecule has 0 unspecified atom stereocenters. The minimum absolute atomic E-state index is 0.0971. The molecule has 4 rings (SSSR count). The van der Waals surface area contributed by atoms with Gasteiger partial charge in [-0.2, -0.15) is 0 Å². The summed E-state index contributed by atoms with van der Waals surface area (Å²) in [5.74, 6) is -1.32. The topological polar surface area (TPSA) is 41.6 Å². The number of urea groups is 1. The fourth-order valence-electron chi connectivity index (χ4n) is 3.87. The average molecular weight is 322 g/mol. The van der Waals surface area contributed by atoms with Crippen molar-refractivity contribution in [3.8, 4) is 0 Å². The molecule has 1 aromatic rings. The van der Waals surface area contributed by atoms with Gasteiger partial charge in [-0.1, -0.05) is 6.07 Å². The Bertz CT molecular complexity index is 611. The maximum atomic E-state index is 13.8. The van der Waals surface area contributed by atoms with Crippen LogP contribution >= 0.6 is 0 Å². The van der Waals surface area contributed by atoms with Gasteiger partial charge in [-0.05, 0) is 31.4 Å². The Morgan fingerprint density at radius 2 is 2.09 bits per heavy atom. The first-order chi connectivity index (χ1) is 11.1. The van der Waals surface area contributed by atoms with Gasteiger partial charge in [0.1, 0.15) is 11.6 Å². The van der Waals surface area contributed by atoms with Gasteiger partial charge < -0.3 is 15.0 Å². The number of halogens is 2. The molecular formula is C17H20F2N2O2. The number of hydrogen-bond acceptors (Lipinski definition) is 2. The molecule has 0 bridgehead atoms. The molecule has 2 saturated heterocycles. The van der Waals surface area contributed by atoms with Crippen LogP contribution in [-0.4, -0.2) is 43.3 Å². The number of rotatable bonds is 2. The molecule has 3 fully saturated rings. The van der Waals surface area contributed by atoms with Crippen LogP contribution in [0, 0.1) is 17.0 Å². The van der Waals surface area contributed by atoms with Gasteiger partial charge in [0.15, 0.2) is 0 Å². The SMILES string of the molecule is O=C(N[C@@H]1C[C@@H]1c1c(F)cccc1F)N1CC[C@]2(CCOC2)C1. The van der Waals surface area contributed by atoms with Crippen molar-refractivity contribution in [1.82, 2.24) is 10.2 Å². The number of amides is 2. The Kier molecular flexibility index (Phi) is 3.52. The number of carbonyl (C=O) groups is 1. The first kappa shape index (κ1) is 14.9. The van der Waals surface area contributed by atoms with E-state index in [1.165, 1.54) is 18.2 Å². The number of nitrogens with zero attached hydrogens (tertiary/aromatic N) is 1. The van der Waals surface area contributed by atoms with Crippen LogP contribution in [0.15, 0.2) is 18.2 Å². The van der Waals surface area contributed by atoms with Crippen LogP contribution in [0.5, 0.6) is 0 Å². The van der Waals surface area contributed by atoms with E-state index in [1.807, 2.05) is 4.90 Å². The molecule has 0 aromatic heterocycles. The van der Waals surface area contributed by atoms with Crippen LogP contribution in [0.2, 0.25) is 0 Å². The summed E-state index contributed by atoms with van der Waals surface area (Å²) in [6.45, 7) is 2.93. The van der Waals surface area contributed by atoms with Crippen molar-refractivity contribution in [3.05, 3.63) is 35.4 Å². The van der Waals surface area contributed by atoms with Crippen LogP contribution in [-0.2, 0) is 4.74 Å². The predicted octanol–water partition coefficient (Wildman–Crippen LogP) is 2.64. The molecule has 23 heavy (non-hydrogen) atoms. The highest BCUT2D eigenvalue weighted by Gasteiger charge is 2.46. The number of nitrogens with one attached hydrogen (secondary N) is 1. The van der Waals surface area contributed by atoms with Gasteiger partial charge in [-0.15, -0.1) is 0 Å². The molecule has 2 heterocycles. The molecule has 2 aliphatic heterocycles. The highest BCUT2D eigenvalue weighted by atomic mass is 19.1. The third kappa shape index (κ3) is 2.69. The summed E-state index contributed by atoms with van der Waals surface area (Å²) < 4.78 is 33.0. The van der Waals surface area contributed by atoms with E-state index in [0.717, 1.165) is 32.6 Å². The number of likely N-dealkylation sites (tertiary alicyclic amines) is 1. The lowest BCUT2D eigenvalue weighted by Gasteiger charge is -2.22. The molecular weight excluding hydrogens is 302 g/mol. The molecule has 124 valence electrons. The van der Waals surface area contributed by atoms with Gasteiger partial charge in [-0.3, -0.25) is 0 Å². The third-order valence-corrected chi connectivity index (χ3v) is 5.38. The van der Waals surface area contributed by atoms with Gasteiger partial charge in [0.2, 0.25) is 0 Å². The van der Waals surface area contributed by atoms with Crippen LogP contribution in [0.4, 0.5) is 13.6 Å². The van der Waals surface area contributed by atoms with Crippen LogP contribution in [0.3, 0.4) is 0 Å². The van der Waals surface area contributed by atoms with Crippen molar-refractivity contribution in [2.45, 2.75) is 31.2 Å². The number of ether oxygens (including phenoxy) is 1. The minimum Gasteiger partial charge on any atom is -0.381 e. The van der Waals surface area contributed by atoms with E-state index in [9.17, 15) is 13.6 Å². The predicted molar refractivity (Wildman–Crippen MR) is 80.1 cm³/mol. The van der Waals surface area contributed by atoms with Crippen molar-refractivity contribution < 1.29 is 18.3 Å². The number of benzene rings is 1. The molecule has 1 saturated carbocycles. The van der Waals surface area contributed by atoms with E-state index in [2.05, 4.69) is 5.32 Å². The highest BCUT2D eigenvalue weighted by Crippen LogP contribution is 2.43. The first-order valence-corrected chi connectivity index (χ1v) is 8.15. The summed E-state index contributed by atoms with van der Waals surface area (Å²) in [5.41, 5.74) is 0.220. The Morgan fingerprint density at radius 3 is 2.78 bits per heavy atom. The molecule has 3 atom stereocenters. The van der Waals surface area contributed by atoms with Gasteiger partial charge in [0.25, 0.3) is 0 Å². The summed E-state index contributed by atoms with van der Waals surface area (Å²) in [5, 5.41) is 2.92. The largest absolute Gasteiger partial charge is 0.381 e. The second kappa shape index (κ2) is 5.44. The second-order valence-corrected chi connectivity index (χ2v) is 7.01. The second-order valence-electron chi connectivity index (χ2n) is 7.01. The van der Waals surface area contributed by atoms with Gasteiger partial charge >= 0.3 is 6.03 Å². The van der Waals surface area contributed by atoms with Gasteiger partial charge in [0.05, 0.1) is 6.61 Å². The summed E-state index contributed by atoms with van der Waals surface area (Å²) >= 11 is 0. The van der Waals surface area contributed by atoms with E-state index in [-0.39, 0.29) is 29.0 Å². The van der Waals surface area contributed by atoms with E-state index < -0.39 is 11.6 Å². The summed E-state index contributed by atoms with van der Waals surface area (Å²) in [4.78, 5) is 14.2. The molecule has 2 amide bonds. The summed E-state index contributed by atoms with van der Waals surface area (Å²) in [6.07, 6.45) is 2.56. The Hall–Kier alpha value is -1.69. The lowest BCUT2D eigenvalue weighted by Crippen LogP contribution is -2.41. The standard InChI is InChI=1S/C17H20F2N2O2/c18-12-2-1-3-13(19)15(12)11-8-14(11)20-16(22)21-6-4-17(9-21)5-7-23-10-17/h1-3,11,14H,4-10H2,(H,20,22)/t11-,14+,17-/m0/s1. The number of hydrogen-bond donors (Lipinski definition) is 1. The van der Waals surface area contributed by atoms with Crippen LogP contribution in [0.25, 0.3) is 0 Å². The molecule has 6 heteroatoms.